The van der Waals surface area contributed by atoms with Crippen molar-refractivity contribution in [3.63, 3.8) is 0 Å². The Morgan fingerprint density at radius 3 is 2.17 bits per heavy atom. The Hall–Kier alpha value is -3.48. The smallest absolute Gasteiger partial charge is 0.328 e. The number of nitrogens with one attached hydrogen (secondary N) is 2. The van der Waals surface area contributed by atoms with E-state index in [1.165, 1.54) is 7.11 Å². The van der Waals surface area contributed by atoms with Gasteiger partial charge in [0.05, 0.1) is 18.4 Å². The Bertz CT molecular complexity index is 996. The molecule has 0 radical (unpaired) electrons. The number of carbonyl (C=O) groups excluding carboxylic acids is 4. The van der Waals surface area contributed by atoms with Crippen LogP contribution < -0.4 is 10.6 Å². The van der Waals surface area contributed by atoms with Crippen LogP contribution in [0.25, 0.3) is 0 Å². The SMILES string of the molecule is COC(=O)C(CC(C)C)NC(=O)Nc1cccc2c1C(=O)c1ccccc1C2=O. The number of benzene rings is 2. The Kier molecular flexibility index (Phi) is 5.77. The van der Waals surface area contributed by atoms with Crippen LogP contribution in [-0.4, -0.2) is 36.7 Å². The zero-order chi connectivity index (χ0) is 21.1. The van der Waals surface area contributed by atoms with Gasteiger partial charge in [0.1, 0.15) is 6.04 Å². The Balaban J connectivity index is 1.88. The van der Waals surface area contributed by atoms with Gasteiger partial charge in [0.2, 0.25) is 0 Å². The number of carbonyl (C=O) groups is 4. The summed E-state index contributed by atoms with van der Waals surface area (Å²) in [6, 6.07) is 9.81. The van der Waals surface area contributed by atoms with Crippen molar-refractivity contribution in [2.75, 3.05) is 12.4 Å². The summed E-state index contributed by atoms with van der Waals surface area (Å²) in [7, 11) is 1.25. The summed E-state index contributed by atoms with van der Waals surface area (Å²) in [4.78, 5) is 50.2. The van der Waals surface area contributed by atoms with Gasteiger partial charge in [-0.3, -0.25) is 9.59 Å². The number of ether oxygens (including phenoxy) is 1. The highest BCUT2D eigenvalue weighted by atomic mass is 16.5. The minimum atomic E-state index is -0.822. The van der Waals surface area contributed by atoms with Gasteiger partial charge in [0.15, 0.2) is 11.6 Å². The molecule has 1 aliphatic rings. The third kappa shape index (κ3) is 4.03. The third-order valence-corrected chi connectivity index (χ3v) is 4.70. The highest BCUT2D eigenvalue weighted by molar-refractivity contribution is 6.30. The van der Waals surface area contributed by atoms with Crippen molar-refractivity contribution in [3.8, 4) is 0 Å². The molecule has 0 fully saturated rings. The number of anilines is 1. The number of rotatable bonds is 5. The predicted molar refractivity (Wildman–Crippen MR) is 107 cm³/mol. The molecule has 7 heteroatoms. The summed E-state index contributed by atoms with van der Waals surface area (Å²) >= 11 is 0. The molecule has 0 saturated heterocycles. The molecular formula is C22H22N2O5. The highest BCUT2D eigenvalue weighted by Gasteiger charge is 2.32. The van der Waals surface area contributed by atoms with Gasteiger partial charge < -0.3 is 15.4 Å². The molecule has 2 N–H and O–H groups in total. The summed E-state index contributed by atoms with van der Waals surface area (Å²) in [5.74, 6) is -1.01. The fourth-order valence-electron chi connectivity index (χ4n) is 3.39. The number of ketones is 2. The van der Waals surface area contributed by atoms with Crippen LogP contribution in [-0.2, 0) is 9.53 Å². The van der Waals surface area contributed by atoms with Crippen molar-refractivity contribution in [2.45, 2.75) is 26.3 Å². The van der Waals surface area contributed by atoms with E-state index in [0.717, 1.165) is 0 Å². The van der Waals surface area contributed by atoms with Gasteiger partial charge in [-0.05, 0) is 18.4 Å². The summed E-state index contributed by atoms with van der Waals surface area (Å²) in [5, 5.41) is 5.18. The zero-order valence-corrected chi connectivity index (χ0v) is 16.4. The van der Waals surface area contributed by atoms with Crippen LogP contribution in [0.1, 0.15) is 52.1 Å². The number of methoxy groups -OCH3 is 1. The number of fused-ring (bicyclic) bond motifs is 2. The summed E-state index contributed by atoms with van der Waals surface area (Å²) in [6.45, 7) is 3.84. The first-order valence-electron chi connectivity index (χ1n) is 9.30. The summed E-state index contributed by atoms with van der Waals surface area (Å²) < 4.78 is 4.74. The molecule has 150 valence electrons. The number of hydrogen-bond acceptors (Lipinski definition) is 5. The standard InChI is InChI=1S/C22H22N2O5/c1-12(2)11-17(21(27)29-3)24-22(28)23-16-10-6-9-15-18(16)20(26)14-8-5-4-7-13(14)19(15)25/h4-10,12,17H,11H2,1-3H3,(H2,23,24,28). The molecule has 2 amide bonds. The Labute approximate surface area is 168 Å². The number of esters is 1. The maximum atomic E-state index is 13.0. The lowest BCUT2D eigenvalue weighted by Crippen LogP contribution is -2.44. The van der Waals surface area contributed by atoms with Crippen molar-refractivity contribution in [2.24, 2.45) is 5.92 Å². The molecule has 0 aliphatic heterocycles. The number of hydrogen-bond donors (Lipinski definition) is 2. The van der Waals surface area contributed by atoms with Crippen molar-refractivity contribution in [1.29, 1.82) is 0 Å². The average molecular weight is 394 g/mol. The van der Waals surface area contributed by atoms with Crippen molar-refractivity contribution in [1.82, 2.24) is 5.32 Å². The number of urea groups is 1. The van der Waals surface area contributed by atoms with E-state index >= 15 is 0 Å². The van der Waals surface area contributed by atoms with Crippen LogP contribution in [0.2, 0.25) is 0 Å². The maximum Gasteiger partial charge on any atom is 0.328 e. The highest BCUT2D eigenvalue weighted by Crippen LogP contribution is 2.31. The maximum absolute atomic E-state index is 13.0. The van der Waals surface area contributed by atoms with Gasteiger partial charge in [-0.1, -0.05) is 50.2 Å². The van der Waals surface area contributed by atoms with Gasteiger partial charge in [-0.15, -0.1) is 0 Å². The van der Waals surface area contributed by atoms with Gasteiger partial charge >= 0.3 is 12.0 Å². The second-order valence-electron chi connectivity index (χ2n) is 7.24. The number of amides is 2. The largest absolute Gasteiger partial charge is 0.467 e. The third-order valence-electron chi connectivity index (χ3n) is 4.70. The van der Waals surface area contributed by atoms with E-state index < -0.39 is 18.0 Å². The van der Waals surface area contributed by atoms with Crippen molar-refractivity contribution >= 4 is 29.3 Å². The van der Waals surface area contributed by atoms with Crippen LogP contribution in [0.15, 0.2) is 42.5 Å². The second-order valence-corrected chi connectivity index (χ2v) is 7.24. The lowest BCUT2D eigenvalue weighted by molar-refractivity contribution is -0.143. The van der Waals surface area contributed by atoms with E-state index in [1.807, 2.05) is 13.8 Å². The first kappa shape index (κ1) is 20.3. The Morgan fingerprint density at radius 2 is 1.55 bits per heavy atom. The average Bonchev–Trinajstić information content (AvgIpc) is 2.70. The van der Waals surface area contributed by atoms with E-state index in [1.54, 1.807) is 42.5 Å². The molecule has 0 spiro atoms. The lowest BCUT2D eigenvalue weighted by atomic mass is 9.83. The second kappa shape index (κ2) is 8.26. The van der Waals surface area contributed by atoms with Crippen LogP contribution in [0.5, 0.6) is 0 Å². The fourth-order valence-corrected chi connectivity index (χ4v) is 3.39. The zero-order valence-electron chi connectivity index (χ0n) is 16.4. The molecule has 1 unspecified atom stereocenters. The van der Waals surface area contributed by atoms with E-state index in [2.05, 4.69) is 10.6 Å². The predicted octanol–water partition coefficient (Wildman–Crippen LogP) is 3.17. The first-order chi connectivity index (χ1) is 13.8. The van der Waals surface area contributed by atoms with Gasteiger partial charge in [-0.25, -0.2) is 9.59 Å². The first-order valence-corrected chi connectivity index (χ1v) is 9.30. The van der Waals surface area contributed by atoms with E-state index in [9.17, 15) is 19.2 Å². The van der Waals surface area contributed by atoms with Crippen LogP contribution in [0.4, 0.5) is 10.5 Å². The molecule has 0 bridgehead atoms. The molecular weight excluding hydrogens is 372 g/mol. The normalized spacial score (nSPS) is 13.4. The molecule has 3 rings (SSSR count). The molecule has 29 heavy (non-hydrogen) atoms. The topological polar surface area (TPSA) is 102 Å². The van der Waals surface area contributed by atoms with Gasteiger partial charge in [-0.2, -0.15) is 0 Å². The summed E-state index contributed by atoms with van der Waals surface area (Å²) in [5.41, 5.74) is 1.23. The lowest BCUT2D eigenvalue weighted by Gasteiger charge is -2.22. The van der Waals surface area contributed by atoms with Crippen molar-refractivity contribution in [3.05, 3.63) is 64.7 Å². The molecule has 0 heterocycles. The fraction of sp³-hybridized carbons (Fsp3) is 0.273. The van der Waals surface area contributed by atoms with Gasteiger partial charge in [0, 0.05) is 16.7 Å². The monoisotopic (exact) mass is 394 g/mol. The molecule has 2 aromatic carbocycles. The minimum absolute atomic E-state index is 0.143. The minimum Gasteiger partial charge on any atom is -0.467 e. The molecule has 0 aromatic heterocycles. The van der Waals surface area contributed by atoms with E-state index in [-0.39, 0.29) is 34.3 Å². The molecule has 1 atom stereocenters. The molecule has 2 aromatic rings. The van der Waals surface area contributed by atoms with E-state index in [4.69, 9.17) is 4.74 Å². The molecule has 0 saturated carbocycles. The Morgan fingerprint density at radius 1 is 0.931 bits per heavy atom. The van der Waals surface area contributed by atoms with Gasteiger partial charge in [0.25, 0.3) is 0 Å². The quantitative estimate of drug-likeness (QED) is 0.647. The van der Waals surface area contributed by atoms with Crippen LogP contribution in [0, 0.1) is 5.92 Å². The molecule has 1 aliphatic carbocycles. The van der Waals surface area contributed by atoms with Crippen LogP contribution in [0.3, 0.4) is 0 Å². The van der Waals surface area contributed by atoms with E-state index in [0.29, 0.717) is 17.5 Å². The van der Waals surface area contributed by atoms with Crippen molar-refractivity contribution < 1.29 is 23.9 Å². The summed E-state index contributed by atoms with van der Waals surface area (Å²) in [6.07, 6.45) is 0.401. The van der Waals surface area contributed by atoms with Crippen LogP contribution >= 0.6 is 0 Å². The molecule has 7 nitrogen and oxygen atoms in total.